The maximum atomic E-state index is 6.08. The van der Waals surface area contributed by atoms with Gasteiger partial charge in [0.05, 0.1) is 12.6 Å². The van der Waals surface area contributed by atoms with Crippen LogP contribution in [0.3, 0.4) is 0 Å². The highest BCUT2D eigenvalue weighted by molar-refractivity contribution is 5.33. The molecule has 0 saturated carbocycles. The summed E-state index contributed by atoms with van der Waals surface area (Å²) >= 11 is 0. The monoisotopic (exact) mass is 257 g/mol. The summed E-state index contributed by atoms with van der Waals surface area (Å²) < 4.78 is 11.1. The van der Waals surface area contributed by atoms with Crippen LogP contribution < -0.4 is 15.2 Å². The van der Waals surface area contributed by atoms with Crippen LogP contribution in [-0.4, -0.2) is 13.2 Å². The highest BCUT2D eigenvalue weighted by Gasteiger charge is 2.06. The fraction of sp³-hybridized carbons (Fsp3) is 0.250. The first kappa shape index (κ1) is 13.4. The van der Waals surface area contributed by atoms with Crippen molar-refractivity contribution >= 4 is 0 Å². The predicted octanol–water partition coefficient (Wildman–Crippen LogP) is 3.16. The van der Waals surface area contributed by atoms with Crippen molar-refractivity contribution in [2.75, 3.05) is 13.2 Å². The van der Waals surface area contributed by atoms with Gasteiger partial charge in [-0.3, -0.25) is 0 Å². The first-order chi connectivity index (χ1) is 9.29. The molecule has 19 heavy (non-hydrogen) atoms. The van der Waals surface area contributed by atoms with Gasteiger partial charge >= 0.3 is 0 Å². The molecule has 2 aromatic carbocycles. The Labute approximate surface area is 114 Å². The van der Waals surface area contributed by atoms with Crippen molar-refractivity contribution in [1.29, 1.82) is 0 Å². The Kier molecular flexibility index (Phi) is 4.81. The minimum absolute atomic E-state index is 0.128. The van der Waals surface area contributed by atoms with Crippen LogP contribution in [-0.2, 0) is 0 Å². The third kappa shape index (κ3) is 4.00. The zero-order valence-corrected chi connectivity index (χ0v) is 11.1. The molecule has 3 nitrogen and oxygen atoms in total. The van der Waals surface area contributed by atoms with E-state index in [1.54, 1.807) is 0 Å². The summed E-state index contributed by atoms with van der Waals surface area (Å²) in [6, 6.07) is 17.4. The molecule has 0 fully saturated rings. The van der Waals surface area contributed by atoms with Gasteiger partial charge in [-0.15, -0.1) is 0 Å². The summed E-state index contributed by atoms with van der Waals surface area (Å²) in [6.07, 6.45) is 0. The Morgan fingerprint density at radius 1 is 0.947 bits per heavy atom. The van der Waals surface area contributed by atoms with Gasteiger partial charge in [-0.05, 0) is 24.6 Å². The Morgan fingerprint density at radius 3 is 2.32 bits per heavy atom. The van der Waals surface area contributed by atoms with Crippen LogP contribution in [0.15, 0.2) is 54.6 Å². The average Bonchev–Trinajstić information content (AvgIpc) is 2.46. The second-order valence-electron chi connectivity index (χ2n) is 4.24. The molecule has 1 unspecified atom stereocenters. The minimum atomic E-state index is -0.128. The first-order valence-electron chi connectivity index (χ1n) is 6.46. The van der Waals surface area contributed by atoms with Gasteiger partial charge in [0.1, 0.15) is 18.1 Å². The lowest BCUT2D eigenvalue weighted by molar-refractivity contribution is 0.286. The molecular weight excluding hydrogens is 238 g/mol. The summed E-state index contributed by atoms with van der Waals surface area (Å²) in [5.74, 6) is 1.59. The fourth-order valence-corrected chi connectivity index (χ4v) is 1.80. The number of hydrogen-bond acceptors (Lipinski definition) is 3. The molecule has 1 atom stereocenters. The van der Waals surface area contributed by atoms with E-state index in [1.807, 2.05) is 61.5 Å². The highest BCUT2D eigenvalue weighted by atomic mass is 16.5. The molecule has 100 valence electrons. The summed E-state index contributed by atoms with van der Waals surface area (Å²) in [7, 11) is 0. The zero-order valence-electron chi connectivity index (χ0n) is 11.1. The topological polar surface area (TPSA) is 44.5 Å². The summed E-state index contributed by atoms with van der Waals surface area (Å²) in [5, 5.41) is 0. The van der Waals surface area contributed by atoms with Gasteiger partial charge in [-0.2, -0.15) is 0 Å². The molecule has 2 rings (SSSR count). The third-order valence-electron chi connectivity index (χ3n) is 2.77. The molecule has 0 bridgehead atoms. The van der Waals surface area contributed by atoms with Crippen molar-refractivity contribution in [1.82, 2.24) is 0 Å². The maximum Gasteiger partial charge on any atom is 0.123 e. The van der Waals surface area contributed by atoms with Gasteiger partial charge in [-0.25, -0.2) is 0 Å². The van der Waals surface area contributed by atoms with E-state index in [9.17, 15) is 0 Å². The Hall–Kier alpha value is -2.00. The van der Waals surface area contributed by atoms with E-state index in [0.717, 1.165) is 17.1 Å². The predicted molar refractivity (Wildman–Crippen MR) is 76.5 cm³/mol. The fourth-order valence-electron chi connectivity index (χ4n) is 1.80. The molecule has 3 heteroatoms. The molecule has 0 aliphatic heterocycles. The van der Waals surface area contributed by atoms with Crippen molar-refractivity contribution in [3.8, 4) is 11.5 Å². The minimum Gasteiger partial charge on any atom is -0.494 e. The molecule has 0 heterocycles. The van der Waals surface area contributed by atoms with Crippen molar-refractivity contribution < 1.29 is 9.47 Å². The molecule has 0 aliphatic rings. The van der Waals surface area contributed by atoms with Gasteiger partial charge in [0.2, 0.25) is 0 Å². The van der Waals surface area contributed by atoms with E-state index in [1.165, 1.54) is 0 Å². The lowest BCUT2D eigenvalue weighted by Crippen LogP contribution is -2.18. The van der Waals surface area contributed by atoms with E-state index < -0.39 is 0 Å². The Morgan fingerprint density at radius 2 is 1.63 bits per heavy atom. The Bertz CT molecular complexity index is 499. The number of benzene rings is 2. The van der Waals surface area contributed by atoms with Gasteiger partial charge < -0.3 is 15.2 Å². The molecule has 2 N–H and O–H groups in total. The van der Waals surface area contributed by atoms with E-state index in [-0.39, 0.29) is 6.04 Å². The molecular formula is C16H19NO2. The third-order valence-corrected chi connectivity index (χ3v) is 2.77. The molecule has 2 aromatic rings. The standard InChI is InChI=1S/C16H19NO2/c1-2-18-14-9-6-10-15(11-14)19-12-16(17)13-7-4-3-5-8-13/h3-11,16H,2,12,17H2,1H3. The van der Waals surface area contributed by atoms with E-state index in [4.69, 9.17) is 15.2 Å². The van der Waals surface area contributed by atoms with E-state index in [0.29, 0.717) is 13.2 Å². The summed E-state index contributed by atoms with van der Waals surface area (Å²) in [6.45, 7) is 3.05. The number of rotatable bonds is 6. The van der Waals surface area contributed by atoms with Crippen molar-refractivity contribution in [3.05, 3.63) is 60.2 Å². The zero-order chi connectivity index (χ0) is 13.5. The molecule has 0 spiro atoms. The van der Waals surface area contributed by atoms with Crippen molar-refractivity contribution in [2.24, 2.45) is 5.73 Å². The smallest absolute Gasteiger partial charge is 0.123 e. The van der Waals surface area contributed by atoms with Gasteiger partial charge in [-0.1, -0.05) is 36.4 Å². The van der Waals surface area contributed by atoms with E-state index in [2.05, 4.69) is 0 Å². The van der Waals surface area contributed by atoms with Gasteiger partial charge in [0.15, 0.2) is 0 Å². The summed E-state index contributed by atoms with van der Waals surface area (Å²) in [4.78, 5) is 0. The van der Waals surface area contributed by atoms with Crippen LogP contribution in [0.25, 0.3) is 0 Å². The van der Waals surface area contributed by atoms with Crippen LogP contribution >= 0.6 is 0 Å². The number of hydrogen-bond donors (Lipinski definition) is 1. The second-order valence-corrected chi connectivity index (χ2v) is 4.24. The maximum absolute atomic E-state index is 6.08. The Balaban J connectivity index is 1.93. The largest absolute Gasteiger partial charge is 0.494 e. The SMILES string of the molecule is CCOc1cccc(OCC(N)c2ccccc2)c1. The lowest BCUT2D eigenvalue weighted by atomic mass is 10.1. The lowest BCUT2D eigenvalue weighted by Gasteiger charge is -2.14. The van der Waals surface area contributed by atoms with Gasteiger partial charge in [0.25, 0.3) is 0 Å². The molecule has 0 radical (unpaired) electrons. The average molecular weight is 257 g/mol. The van der Waals surface area contributed by atoms with Crippen LogP contribution in [0.1, 0.15) is 18.5 Å². The van der Waals surface area contributed by atoms with Crippen LogP contribution in [0, 0.1) is 0 Å². The molecule has 0 amide bonds. The second kappa shape index (κ2) is 6.81. The highest BCUT2D eigenvalue weighted by Crippen LogP contribution is 2.20. The molecule has 0 saturated heterocycles. The van der Waals surface area contributed by atoms with Crippen LogP contribution in [0.4, 0.5) is 0 Å². The number of ether oxygens (including phenoxy) is 2. The van der Waals surface area contributed by atoms with Crippen LogP contribution in [0.5, 0.6) is 11.5 Å². The molecule has 0 aromatic heterocycles. The van der Waals surface area contributed by atoms with Crippen molar-refractivity contribution in [2.45, 2.75) is 13.0 Å². The normalized spacial score (nSPS) is 11.9. The van der Waals surface area contributed by atoms with Crippen molar-refractivity contribution in [3.63, 3.8) is 0 Å². The van der Waals surface area contributed by atoms with E-state index >= 15 is 0 Å². The van der Waals surface area contributed by atoms with Crippen LogP contribution in [0.2, 0.25) is 0 Å². The first-order valence-corrected chi connectivity index (χ1v) is 6.46. The van der Waals surface area contributed by atoms with Gasteiger partial charge in [0, 0.05) is 6.07 Å². The number of nitrogens with two attached hydrogens (primary N) is 1. The molecule has 0 aliphatic carbocycles. The quantitative estimate of drug-likeness (QED) is 0.864. The summed E-state index contributed by atoms with van der Waals surface area (Å²) in [5.41, 5.74) is 7.16.